The molecule has 0 radical (unpaired) electrons. The van der Waals surface area contributed by atoms with E-state index in [-0.39, 0.29) is 8.46 Å². The Morgan fingerprint density at radius 2 is 2.11 bits per heavy atom. The topological polar surface area (TPSA) is 42.9 Å². The molecule has 1 aromatic rings. The first-order valence-electron chi connectivity index (χ1n) is 2.46. The van der Waals surface area contributed by atoms with Crippen LogP contribution in [0.25, 0.3) is 0 Å². The lowest BCUT2D eigenvalue weighted by atomic mass is 10.4. The predicted molar refractivity (Wildman–Crippen MR) is 33.3 cm³/mol. The summed E-state index contributed by atoms with van der Waals surface area (Å²) in [4.78, 5) is 7.50. The molecule has 0 fully saturated rings. The Morgan fingerprint density at radius 1 is 1.44 bits per heavy atom. The summed E-state index contributed by atoms with van der Waals surface area (Å²) in [6.45, 7) is 0. The van der Waals surface area contributed by atoms with Crippen LogP contribution >= 0.6 is 8.46 Å². The highest BCUT2D eigenvalue weighted by molar-refractivity contribution is 7.22. The Bertz CT molecular complexity index is 189. The Labute approximate surface area is 54.4 Å². The van der Waals surface area contributed by atoms with Gasteiger partial charge in [-0.1, -0.05) is 0 Å². The predicted octanol–water partition coefficient (Wildman–Crippen LogP) is 1.27. The average molecular weight is 140 g/mol. The van der Waals surface area contributed by atoms with Crippen LogP contribution in [0, 0.1) is 0 Å². The van der Waals surface area contributed by atoms with Gasteiger partial charge >= 0.3 is 0 Å². The Balaban J connectivity index is 2.72. The van der Waals surface area contributed by atoms with Crippen LogP contribution in [-0.4, -0.2) is 9.97 Å². The van der Waals surface area contributed by atoms with E-state index in [1.54, 1.807) is 12.4 Å². The van der Waals surface area contributed by atoms with E-state index in [0.717, 1.165) is 5.56 Å². The first-order chi connectivity index (χ1) is 4.43. The molecule has 0 unspecified atom stereocenters. The molecule has 0 aliphatic heterocycles. The molecule has 9 heavy (non-hydrogen) atoms. The molecule has 3 nitrogen and oxygen atoms in total. The van der Waals surface area contributed by atoms with E-state index in [2.05, 4.69) is 9.97 Å². The van der Waals surface area contributed by atoms with Gasteiger partial charge in [-0.2, -0.15) is 0 Å². The Morgan fingerprint density at radius 3 is 2.67 bits per heavy atom. The smallest absolute Gasteiger partial charge is 0.160 e. The molecule has 0 aliphatic rings. The van der Waals surface area contributed by atoms with Gasteiger partial charge in [0.05, 0.1) is 6.16 Å². The molecule has 0 aliphatic carbocycles. The van der Waals surface area contributed by atoms with Crippen molar-refractivity contribution in [1.82, 2.24) is 9.97 Å². The maximum absolute atomic E-state index is 10.0. The van der Waals surface area contributed by atoms with Gasteiger partial charge in [-0.3, -0.25) is 4.57 Å². The van der Waals surface area contributed by atoms with Crippen molar-refractivity contribution in [2.24, 2.45) is 0 Å². The second-order valence-electron chi connectivity index (χ2n) is 1.53. The summed E-state index contributed by atoms with van der Waals surface area (Å²) in [7, 11) is 0.115. The lowest BCUT2D eigenvalue weighted by molar-refractivity contribution is 0.598. The van der Waals surface area contributed by atoms with Gasteiger partial charge in [0.15, 0.2) is 8.46 Å². The number of nitrogens with zero attached hydrogens (tertiary/aromatic N) is 2. The van der Waals surface area contributed by atoms with Crippen molar-refractivity contribution in [3.8, 4) is 0 Å². The van der Waals surface area contributed by atoms with Crippen molar-refractivity contribution in [3.05, 3.63) is 24.3 Å². The standard InChI is InChI=1S/C5H5N2OP/c8-9-3-5-1-6-4-7-2-5/h1-2,4H,3H2. The molecule has 1 aromatic heterocycles. The molecule has 0 N–H and O–H groups in total. The molecule has 0 amide bonds. The minimum Gasteiger partial charge on any atom is -0.275 e. The highest BCUT2D eigenvalue weighted by atomic mass is 31.1. The van der Waals surface area contributed by atoms with Gasteiger partial charge in [-0.15, -0.1) is 0 Å². The quantitative estimate of drug-likeness (QED) is 0.581. The summed E-state index contributed by atoms with van der Waals surface area (Å²) < 4.78 is 10.0. The number of hydrogen-bond donors (Lipinski definition) is 0. The number of aromatic nitrogens is 2. The number of rotatable bonds is 2. The first kappa shape index (κ1) is 6.30. The van der Waals surface area contributed by atoms with E-state index in [4.69, 9.17) is 0 Å². The maximum atomic E-state index is 10.0. The van der Waals surface area contributed by atoms with Gasteiger partial charge < -0.3 is 0 Å². The normalized spacial score (nSPS) is 9.78. The monoisotopic (exact) mass is 140 g/mol. The number of hydrogen-bond acceptors (Lipinski definition) is 3. The van der Waals surface area contributed by atoms with Crippen molar-refractivity contribution < 1.29 is 4.57 Å². The molecule has 0 bridgehead atoms. The molecule has 1 heterocycles. The summed E-state index contributed by atoms with van der Waals surface area (Å²) >= 11 is 0. The Kier molecular flexibility index (Phi) is 2.28. The van der Waals surface area contributed by atoms with Gasteiger partial charge in [0.25, 0.3) is 0 Å². The summed E-state index contributed by atoms with van der Waals surface area (Å²) in [6, 6.07) is 0. The van der Waals surface area contributed by atoms with E-state index in [9.17, 15) is 4.57 Å². The average Bonchev–Trinajstić information content (AvgIpc) is 1.91. The summed E-state index contributed by atoms with van der Waals surface area (Å²) in [6.07, 6.45) is 5.25. The molecule has 4 heteroatoms. The largest absolute Gasteiger partial charge is 0.275 e. The van der Waals surface area contributed by atoms with Crippen LogP contribution in [0.4, 0.5) is 0 Å². The van der Waals surface area contributed by atoms with Crippen molar-refractivity contribution in [2.75, 3.05) is 0 Å². The fourth-order valence-electron chi connectivity index (χ4n) is 0.486. The third-order valence-electron chi connectivity index (χ3n) is 0.861. The van der Waals surface area contributed by atoms with E-state index in [1.165, 1.54) is 6.33 Å². The molecule has 0 saturated carbocycles. The summed E-state index contributed by atoms with van der Waals surface area (Å²) in [5.74, 6) is 0. The molecular weight excluding hydrogens is 135 g/mol. The fourth-order valence-corrected chi connectivity index (χ4v) is 0.799. The van der Waals surface area contributed by atoms with Crippen LogP contribution in [0.2, 0.25) is 0 Å². The molecule has 46 valence electrons. The van der Waals surface area contributed by atoms with Gasteiger partial charge in [-0.25, -0.2) is 9.97 Å². The van der Waals surface area contributed by atoms with Crippen molar-refractivity contribution in [2.45, 2.75) is 6.16 Å². The van der Waals surface area contributed by atoms with Gasteiger partial charge in [0.2, 0.25) is 0 Å². The van der Waals surface area contributed by atoms with Gasteiger partial charge in [0.1, 0.15) is 6.33 Å². The van der Waals surface area contributed by atoms with Crippen LogP contribution in [0.3, 0.4) is 0 Å². The molecule has 0 spiro atoms. The highest BCUT2D eigenvalue weighted by Crippen LogP contribution is 2.03. The van der Waals surface area contributed by atoms with Crippen LogP contribution in [0.1, 0.15) is 5.56 Å². The third-order valence-corrected chi connectivity index (χ3v) is 1.36. The molecular formula is C5H5N2OP. The van der Waals surface area contributed by atoms with Crippen molar-refractivity contribution >= 4 is 8.46 Å². The van der Waals surface area contributed by atoms with Gasteiger partial charge in [-0.05, 0) is 0 Å². The van der Waals surface area contributed by atoms with Gasteiger partial charge in [0, 0.05) is 18.0 Å². The van der Waals surface area contributed by atoms with Crippen LogP contribution in [0.5, 0.6) is 0 Å². The fraction of sp³-hybridized carbons (Fsp3) is 0.200. The minimum atomic E-state index is 0.115. The Hall–Kier alpha value is -0.820. The minimum absolute atomic E-state index is 0.115. The second kappa shape index (κ2) is 3.25. The lowest BCUT2D eigenvalue weighted by Crippen LogP contribution is -1.80. The first-order valence-corrected chi connectivity index (χ1v) is 3.46. The second-order valence-corrected chi connectivity index (χ2v) is 2.11. The van der Waals surface area contributed by atoms with Crippen LogP contribution in [0.15, 0.2) is 18.7 Å². The van der Waals surface area contributed by atoms with Crippen molar-refractivity contribution in [3.63, 3.8) is 0 Å². The van der Waals surface area contributed by atoms with Crippen LogP contribution < -0.4 is 0 Å². The van der Waals surface area contributed by atoms with Crippen LogP contribution in [-0.2, 0) is 10.7 Å². The van der Waals surface area contributed by atoms with E-state index in [1.807, 2.05) is 0 Å². The zero-order valence-corrected chi connectivity index (χ0v) is 5.58. The lowest BCUT2D eigenvalue weighted by Gasteiger charge is -1.86. The van der Waals surface area contributed by atoms with E-state index in [0.29, 0.717) is 6.16 Å². The SMILES string of the molecule is O=PCc1cncnc1. The summed E-state index contributed by atoms with van der Waals surface area (Å²) in [5.41, 5.74) is 0.897. The zero-order valence-electron chi connectivity index (χ0n) is 4.69. The molecule has 0 saturated heterocycles. The highest BCUT2D eigenvalue weighted by Gasteiger charge is 1.88. The molecule has 0 aromatic carbocycles. The molecule has 0 atom stereocenters. The van der Waals surface area contributed by atoms with E-state index < -0.39 is 0 Å². The maximum Gasteiger partial charge on any atom is 0.160 e. The zero-order chi connectivity index (χ0) is 6.53. The van der Waals surface area contributed by atoms with E-state index >= 15 is 0 Å². The summed E-state index contributed by atoms with van der Waals surface area (Å²) in [5, 5.41) is 0. The van der Waals surface area contributed by atoms with Crippen molar-refractivity contribution in [1.29, 1.82) is 0 Å². The molecule has 1 rings (SSSR count). The third kappa shape index (κ3) is 1.86.